The summed E-state index contributed by atoms with van der Waals surface area (Å²) in [5.74, 6) is 0.974. The molecular weight excluding hydrogens is 124 g/mol. The molecule has 0 amide bonds. The third kappa shape index (κ3) is 1.50. The highest BCUT2D eigenvalue weighted by Gasteiger charge is 1.93. The Kier molecular flexibility index (Phi) is 2.32. The van der Waals surface area contributed by atoms with Gasteiger partial charge in [-0.3, -0.25) is 0 Å². The van der Waals surface area contributed by atoms with Gasteiger partial charge >= 0.3 is 0 Å². The van der Waals surface area contributed by atoms with Gasteiger partial charge in [0.2, 0.25) is 0 Å². The Morgan fingerprint density at radius 1 is 1.60 bits per heavy atom. The Bertz CT molecular complexity index is 220. The average molecular weight is 136 g/mol. The first kappa shape index (κ1) is 7.13. The molecule has 0 fully saturated rings. The van der Waals surface area contributed by atoms with Crippen molar-refractivity contribution in [2.75, 3.05) is 0 Å². The van der Waals surface area contributed by atoms with E-state index in [0.29, 0.717) is 0 Å². The van der Waals surface area contributed by atoms with Gasteiger partial charge in [-0.1, -0.05) is 13.0 Å². The molecule has 0 N–H and O–H groups in total. The monoisotopic (exact) mass is 136 g/mol. The van der Waals surface area contributed by atoms with Gasteiger partial charge in [0.1, 0.15) is 5.76 Å². The average Bonchev–Trinajstić information content (AvgIpc) is 2.31. The van der Waals surface area contributed by atoms with Crippen molar-refractivity contribution in [3.63, 3.8) is 0 Å². The van der Waals surface area contributed by atoms with Gasteiger partial charge in [-0.05, 0) is 31.1 Å². The third-order valence-corrected chi connectivity index (χ3v) is 1.41. The quantitative estimate of drug-likeness (QED) is 0.609. The zero-order valence-corrected chi connectivity index (χ0v) is 6.42. The van der Waals surface area contributed by atoms with Crippen molar-refractivity contribution in [1.29, 1.82) is 0 Å². The molecular formula is C9H12O. The minimum absolute atomic E-state index is 0.974. The van der Waals surface area contributed by atoms with Crippen LogP contribution in [0.5, 0.6) is 0 Å². The summed E-state index contributed by atoms with van der Waals surface area (Å²) in [6, 6.07) is 1.97. The zero-order valence-electron chi connectivity index (χ0n) is 6.42. The number of rotatable bonds is 2. The van der Waals surface area contributed by atoms with Gasteiger partial charge in [0.25, 0.3) is 0 Å². The summed E-state index contributed by atoms with van der Waals surface area (Å²) in [7, 11) is 0. The highest BCUT2D eigenvalue weighted by molar-refractivity contribution is 5.46. The number of furan rings is 1. The number of allylic oxidation sites excluding steroid dienone is 1. The second kappa shape index (κ2) is 3.25. The molecule has 0 bridgehead atoms. The van der Waals surface area contributed by atoms with Gasteiger partial charge in [-0.15, -0.1) is 0 Å². The molecule has 1 heterocycles. The van der Waals surface area contributed by atoms with Crippen LogP contribution >= 0.6 is 0 Å². The summed E-state index contributed by atoms with van der Waals surface area (Å²) in [6.07, 6.45) is 6.87. The maximum atomic E-state index is 5.18. The van der Waals surface area contributed by atoms with E-state index in [1.54, 1.807) is 6.26 Å². The lowest BCUT2D eigenvalue weighted by atomic mass is 10.2. The van der Waals surface area contributed by atoms with Crippen LogP contribution in [0.1, 0.15) is 24.7 Å². The van der Waals surface area contributed by atoms with E-state index in [-0.39, 0.29) is 0 Å². The molecule has 0 atom stereocenters. The lowest BCUT2D eigenvalue weighted by molar-refractivity contribution is 0.555. The summed E-state index contributed by atoms with van der Waals surface area (Å²) >= 11 is 0. The molecule has 0 unspecified atom stereocenters. The smallest absolute Gasteiger partial charge is 0.129 e. The van der Waals surface area contributed by atoms with Crippen LogP contribution < -0.4 is 0 Å². The highest BCUT2D eigenvalue weighted by Crippen LogP contribution is 2.10. The molecule has 0 spiro atoms. The molecule has 0 saturated heterocycles. The lowest BCUT2D eigenvalue weighted by Gasteiger charge is -1.85. The lowest BCUT2D eigenvalue weighted by Crippen LogP contribution is -1.67. The predicted molar refractivity (Wildman–Crippen MR) is 42.8 cm³/mol. The summed E-state index contributed by atoms with van der Waals surface area (Å²) in [5.41, 5.74) is 1.20. The van der Waals surface area contributed by atoms with Crippen LogP contribution in [0.25, 0.3) is 6.08 Å². The minimum Gasteiger partial charge on any atom is -0.465 e. The second-order valence-electron chi connectivity index (χ2n) is 2.28. The largest absolute Gasteiger partial charge is 0.465 e. The molecule has 10 heavy (non-hydrogen) atoms. The van der Waals surface area contributed by atoms with Crippen LogP contribution in [0.15, 0.2) is 22.8 Å². The molecule has 0 saturated carbocycles. The van der Waals surface area contributed by atoms with E-state index in [1.807, 2.05) is 19.1 Å². The molecule has 0 radical (unpaired) electrons. The molecule has 0 aliphatic rings. The molecule has 1 rings (SSSR count). The van der Waals surface area contributed by atoms with Crippen molar-refractivity contribution in [3.8, 4) is 0 Å². The molecule has 1 nitrogen and oxygen atoms in total. The van der Waals surface area contributed by atoms with Gasteiger partial charge in [0, 0.05) is 0 Å². The van der Waals surface area contributed by atoms with E-state index in [2.05, 4.69) is 13.0 Å². The van der Waals surface area contributed by atoms with E-state index in [9.17, 15) is 0 Å². The van der Waals surface area contributed by atoms with Crippen molar-refractivity contribution in [1.82, 2.24) is 0 Å². The summed E-state index contributed by atoms with van der Waals surface area (Å²) < 4.78 is 5.18. The van der Waals surface area contributed by atoms with Gasteiger partial charge in [0.05, 0.1) is 6.26 Å². The maximum Gasteiger partial charge on any atom is 0.129 e. The van der Waals surface area contributed by atoms with Gasteiger partial charge in [0.15, 0.2) is 0 Å². The Hall–Kier alpha value is -0.980. The van der Waals surface area contributed by atoms with Crippen molar-refractivity contribution < 1.29 is 4.42 Å². The van der Waals surface area contributed by atoms with Crippen LogP contribution in [-0.2, 0) is 0 Å². The third-order valence-electron chi connectivity index (χ3n) is 1.41. The fraction of sp³-hybridized carbons (Fsp3) is 0.333. The molecule has 0 aromatic carbocycles. The first-order valence-electron chi connectivity index (χ1n) is 3.55. The summed E-state index contributed by atoms with van der Waals surface area (Å²) in [6.45, 7) is 4.15. The Labute approximate surface area is 61.4 Å². The predicted octanol–water partition coefficient (Wildman–Crippen LogP) is 3.01. The number of aryl methyl sites for hydroxylation is 1. The van der Waals surface area contributed by atoms with Gasteiger partial charge in [-0.25, -0.2) is 0 Å². The molecule has 1 aromatic rings. The van der Waals surface area contributed by atoms with Crippen molar-refractivity contribution in [2.24, 2.45) is 0 Å². The SMILES string of the molecule is CC/C=C\c1occc1C. The Morgan fingerprint density at radius 2 is 2.40 bits per heavy atom. The van der Waals surface area contributed by atoms with Crippen LogP contribution in [0.4, 0.5) is 0 Å². The van der Waals surface area contributed by atoms with Crippen LogP contribution in [0, 0.1) is 6.92 Å². The van der Waals surface area contributed by atoms with Crippen molar-refractivity contribution >= 4 is 6.08 Å². The minimum atomic E-state index is 0.974. The van der Waals surface area contributed by atoms with Gasteiger partial charge in [-0.2, -0.15) is 0 Å². The maximum absolute atomic E-state index is 5.18. The first-order chi connectivity index (χ1) is 4.84. The zero-order chi connectivity index (χ0) is 7.40. The van der Waals surface area contributed by atoms with E-state index >= 15 is 0 Å². The van der Waals surface area contributed by atoms with Crippen LogP contribution in [0.3, 0.4) is 0 Å². The number of hydrogen-bond acceptors (Lipinski definition) is 1. The standard InChI is InChI=1S/C9H12O/c1-3-4-5-9-8(2)6-7-10-9/h4-7H,3H2,1-2H3/b5-4-. The van der Waals surface area contributed by atoms with Gasteiger partial charge < -0.3 is 4.42 Å². The Morgan fingerprint density at radius 3 is 2.90 bits per heavy atom. The molecule has 0 aliphatic heterocycles. The fourth-order valence-electron chi connectivity index (χ4n) is 0.780. The summed E-state index contributed by atoms with van der Waals surface area (Å²) in [5, 5.41) is 0. The summed E-state index contributed by atoms with van der Waals surface area (Å²) in [4.78, 5) is 0. The van der Waals surface area contributed by atoms with E-state index in [4.69, 9.17) is 4.42 Å². The van der Waals surface area contributed by atoms with Crippen LogP contribution in [0.2, 0.25) is 0 Å². The van der Waals surface area contributed by atoms with Crippen molar-refractivity contribution in [3.05, 3.63) is 29.7 Å². The fourth-order valence-corrected chi connectivity index (χ4v) is 0.780. The first-order valence-corrected chi connectivity index (χ1v) is 3.55. The molecule has 1 heteroatoms. The van der Waals surface area contributed by atoms with Crippen molar-refractivity contribution in [2.45, 2.75) is 20.3 Å². The molecule has 54 valence electrons. The Balaban J connectivity index is 2.74. The topological polar surface area (TPSA) is 13.1 Å². The van der Waals surface area contributed by atoms with E-state index in [1.165, 1.54) is 5.56 Å². The second-order valence-corrected chi connectivity index (χ2v) is 2.28. The molecule has 0 aliphatic carbocycles. The normalized spacial score (nSPS) is 11.0. The van der Waals surface area contributed by atoms with Crippen LogP contribution in [-0.4, -0.2) is 0 Å². The van der Waals surface area contributed by atoms with E-state index < -0.39 is 0 Å². The molecule has 1 aromatic heterocycles. The highest BCUT2D eigenvalue weighted by atomic mass is 16.3. The van der Waals surface area contributed by atoms with E-state index in [0.717, 1.165) is 12.2 Å². The number of hydrogen-bond donors (Lipinski definition) is 0.